The number of anilines is 1. The third-order valence-electron chi connectivity index (χ3n) is 2.81. The number of aromatic nitrogens is 2. The molecule has 6 nitrogen and oxygen atoms in total. The molecule has 0 unspecified atom stereocenters. The Hall–Kier alpha value is -1.56. The van der Waals surface area contributed by atoms with Crippen LogP contribution in [0.2, 0.25) is 0 Å². The number of imidazole rings is 1. The number of carbonyl (C=O) groups excluding carboxylic acids is 1. The zero-order valence-electron chi connectivity index (χ0n) is 12.3. The molecule has 0 spiro atoms. The van der Waals surface area contributed by atoms with Crippen molar-refractivity contribution in [3.63, 3.8) is 0 Å². The predicted molar refractivity (Wildman–Crippen MR) is 75.1 cm³/mol. The van der Waals surface area contributed by atoms with Gasteiger partial charge >= 0.3 is 5.97 Å². The molecule has 0 bridgehead atoms. The number of nitrogens with zero attached hydrogens (tertiary/aromatic N) is 3. The van der Waals surface area contributed by atoms with Gasteiger partial charge in [-0.2, -0.15) is 0 Å². The molecule has 0 fully saturated rings. The van der Waals surface area contributed by atoms with Crippen LogP contribution in [-0.4, -0.2) is 42.8 Å². The largest absolute Gasteiger partial charge is 0.466 e. The highest BCUT2D eigenvalue weighted by molar-refractivity contribution is 5.69. The normalized spacial score (nSPS) is 10.5. The Balaban J connectivity index is 2.25. The summed E-state index contributed by atoms with van der Waals surface area (Å²) in [5, 5.41) is 3.31. The average Bonchev–Trinajstić information content (AvgIpc) is 2.71. The molecule has 1 aromatic rings. The van der Waals surface area contributed by atoms with Crippen LogP contribution in [0, 0.1) is 0 Å². The van der Waals surface area contributed by atoms with E-state index < -0.39 is 0 Å². The van der Waals surface area contributed by atoms with Gasteiger partial charge in [-0.05, 0) is 19.9 Å². The topological polar surface area (TPSA) is 59.4 Å². The van der Waals surface area contributed by atoms with E-state index in [4.69, 9.17) is 4.74 Å². The molecule has 0 saturated carbocycles. The molecule has 0 radical (unpaired) electrons. The summed E-state index contributed by atoms with van der Waals surface area (Å²) in [5.41, 5.74) is 1.12. The summed E-state index contributed by atoms with van der Waals surface area (Å²) in [6.07, 6.45) is 3.13. The molecule has 0 aliphatic heterocycles. The Morgan fingerprint density at radius 3 is 2.84 bits per heavy atom. The fraction of sp³-hybridized carbons (Fsp3) is 0.692. The van der Waals surface area contributed by atoms with Crippen molar-refractivity contribution in [2.75, 3.05) is 32.1 Å². The van der Waals surface area contributed by atoms with Crippen molar-refractivity contribution in [3.05, 3.63) is 11.9 Å². The van der Waals surface area contributed by atoms with Crippen molar-refractivity contribution in [2.45, 2.75) is 26.3 Å². The van der Waals surface area contributed by atoms with Crippen LogP contribution in [0.1, 0.15) is 25.5 Å². The van der Waals surface area contributed by atoms with Crippen molar-refractivity contribution in [1.82, 2.24) is 14.9 Å². The molecule has 0 amide bonds. The number of hydrogen-bond acceptors (Lipinski definition) is 5. The number of esters is 1. The van der Waals surface area contributed by atoms with Gasteiger partial charge in [0.25, 0.3) is 0 Å². The fourth-order valence-electron chi connectivity index (χ4n) is 1.82. The molecule has 19 heavy (non-hydrogen) atoms. The molecule has 0 saturated heterocycles. The van der Waals surface area contributed by atoms with Gasteiger partial charge in [0.2, 0.25) is 5.95 Å². The summed E-state index contributed by atoms with van der Waals surface area (Å²) in [7, 11) is 5.94. The summed E-state index contributed by atoms with van der Waals surface area (Å²) in [5.74, 6) is 0.808. The Morgan fingerprint density at radius 2 is 2.26 bits per heavy atom. The van der Waals surface area contributed by atoms with Gasteiger partial charge in [-0.25, -0.2) is 4.98 Å². The van der Waals surface area contributed by atoms with Crippen LogP contribution in [0.25, 0.3) is 0 Å². The Labute approximate surface area is 114 Å². The summed E-state index contributed by atoms with van der Waals surface area (Å²) in [6, 6.07) is 0. The molecule has 1 rings (SSSR count). The molecular weight excluding hydrogens is 244 g/mol. The van der Waals surface area contributed by atoms with E-state index in [-0.39, 0.29) is 5.97 Å². The highest BCUT2D eigenvalue weighted by Crippen LogP contribution is 2.10. The maximum absolute atomic E-state index is 11.1. The molecule has 108 valence electrons. The SMILES string of the molecule is CCOC(=O)CCCNCc1cnc(N(C)C)n1C. The first-order chi connectivity index (χ1) is 9.06. The molecule has 0 aliphatic carbocycles. The van der Waals surface area contributed by atoms with Crippen LogP contribution in [0.15, 0.2) is 6.20 Å². The lowest BCUT2D eigenvalue weighted by Gasteiger charge is -2.12. The Kier molecular flexibility index (Phi) is 6.35. The first kappa shape index (κ1) is 15.5. The maximum Gasteiger partial charge on any atom is 0.305 e. The quantitative estimate of drug-likeness (QED) is 0.561. The van der Waals surface area contributed by atoms with Gasteiger partial charge in [0, 0.05) is 34.1 Å². The number of ether oxygens (including phenoxy) is 1. The zero-order valence-corrected chi connectivity index (χ0v) is 12.3. The zero-order chi connectivity index (χ0) is 14.3. The van der Waals surface area contributed by atoms with Gasteiger partial charge < -0.3 is 19.5 Å². The van der Waals surface area contributed by atoms with E-state index in [0.29, 0.717) is 13.0 Å². The minimum Gasteiger partial charge on any atom is -0.466 e. The number of carbonyl (C=O) groups is 1. The first-order valence-corrected chi connectivity index (χ1v) is 6.60. The van der Waals surface area contributed by atoms with E-state index in [1.165, 1.54) is 0 Å². The monoisotopic (exact) mass is 268 g/mol. The van der Waals surface area contributed by atoms with Crippen molar-refractivity contribution >= 4 is 11.9 Å². The Bertz CT molecular complexity index is 401. The summed E-state index contributed by atoms with van der Waals surface area (Å²) < 4.78 is 6.92. The van der Waals surface area contributed by atoms with Crippen molar-refractivity contribution < 1.29 is 9.53 Å². The number of rotatable bonds is 8. The second kappa shape index (κ2) is 7.78. The van der Waals surface area contributed by atoms with Gasteiger partial charge in [-0.3, -0.25) is 4.79 Å². The average molecular weight is 268 g/mol. The predicted octanol–water partition coefficient (Wildman–Crippen LogP) is 0.919. The van der Waals surface area contributed by atoms with Crippen LogP contribution < -0.4 is 10.2 Å². The first-order valence-electron chi connectivity index (χ1n) is 6.60. The summed E-state index contributed by atoms with van der Waals surface area (Å²) in [4.78, 5) is 17.5. The molecule has 1 aromatic heterocycles. The van der Waals surface area contributed by atoms with E-state index in [0.717, 1.165) is 31.2 Å². The van der Waals surface area contributed by atoms with Gasteiger partial charge in [-0.15, -0.1) is 0 Å². The molecule has 0 atom stereocenters. The van der Waals surface area contributed by atoms with Gasteiger partial charge in [0.1, 0.15) is 0 Å². The standard InChI is InChI=1S/C13H24N4O2/c1-5-19-12(18)7-6-8-14-9-11-10-15-13(16(2)3)17(11)4/h10,14H,5-9H2,1-4H3. The van der Waals surface area contributed by atoms with Gasteiger partial charge in [-0.1, -0.05) is 0 Å². The number of nitrogens with one attached hydrogen (secondary N) is 1. The van der Waals surface area contributed by atoms with E-state index in [1.54, 1.807) is 0 Å². The lowest BCUT2D eigenvalue weighted by Crippen LogP contribution is -2.19. The molecule has 1 N–H and O–H groups in total. The highest BCUT2D eigenvalue weighted by atomic mass is 16.5. The number of hydrogen-bond donors (Lipinski definition) is 1. The van der Waals surface area contributed by atoms with Gasteiger partial charge in [0.15, 0.2) is 0 Å². The van der Waals surface area contributed by atoms with Crippen LogP contribution >= 0.6 is 0 Å². The second-order valence-corrected chi connectivity index (χ2v) is 4.59. The second-order valence-electron chi connectivity index (χ2n) is 4.59. The molecule has 0 aromatic carbocycles. The Morgan fingerprint density at radius 1 is 1.53 bits per heavy atom. The minimum absolute atomic E-state index is 0.125. The van der Waals surface area contributed by atoms with Crippen LogP contribution in [0.5, 0.6) is 0 Å². The van der Waals surface area contributed by atoms with E-state index in [1.807, 2.05) is 39.2 Å². The smallest absolute Gasteiger partial charge is 0.305 e. The van der Waals surface area contributed by atoms with Gasteiger partial charge in [0.05, 0.1) is 18.5 Å². The fourth-order valence-corrected chi connectivity index (χ4v) is 1.82. The molecule has 6 heteroatoms. The third kappa shape index (κ3) is 4.90. The van der Waals surface area contributed by atoms with Crippen LogP contribution in [0.4, 0.5) is 5.95 Å². The summed E-state index contributed by atoms with van der Waals surface area (Å²) >= 11 is 0. The van der Waals surface area contributed by atoms with E-state index in [9.17, 15) is 4.79 Å². The maximum atomic E-state index is 11.1. The third-order valence-corrected chi connectivity index (χ3v) is 2.81. The van der Waals surface area contributed by atoms with Crippen LogP contribution in [0.3, 0.4) is 0 Å². The van der Waals surface area contributed by atoms with Crippen molar-refractivity contribution in [2.24, 2.45) is 7.05 Å². The molecular formula is C13H24N4O2. The molecule has 1 heterocycles. The van der Waals surface area contributed by atoms with Crippen molar-refractivity contribution in [3.8, 4) is 0 Å². The molecule has 0 aliphatic rings. The van der Waals surface area contributed by atoms with E-state index >= 15 is 0 Å². The minimum atomic E-state index is -0.125. The lowest BCUT2D eigenvalue weighted by atomic mass is 10.3. The summed E-state index contributed by atoms with van der Waals surface area (Å²) in [6.45, 7) is 3.82. The lowest BCUT2D eigenvalue weighted by molar-refractivity contribution is -0.143. The van der Waals surface area contributed by atoms with Crippen LogP contribution in [-0.2, 0) is 23.1 Å². The van der Waals surface area contributed by atoms with E-state index in [2.05, 4.69) is 14.9 Å². The highest BCUT2D eigenvalue weighted by Gasteiger charge is 2.07. The van der Waals surface area contributed by atoms with Crippen molar-refractivity contribution in [1.29, 1.82) is 0 Å².